The van der Waals surface area contributed by atoms with Crippen molar-refractivity contribution >= 4 is 6.41 Å². The van der Waals surface area contributed by atoms with Crippen LogP contribution in [-0.4, -0.2) is 31.2 Å². The summed E-state index contributed by atoms with van der Waals surface area (Å²) in [5.74, 6) is 2.06. The van der Waals surface area contributed by atoms with E-state index in [9.17, 15) is 4.79 Å². The predicted molar refractivity (Wildman–Crippen MR) is 72.7 cm³/mol. The van der Waals surface area contributed by atoms with Crippen molar-refractivity contribution in [2.45, 2.75) is 37.6 Å². The maximum atomic E-state index is 10.5. The zero-order valence-electron chi connectivity index (χ0n) is 11.8. The molecule has 0 spiro atoms. The second-order valence-electron chi connectivity index (χ2n) is 5.04. The molecule has 0 radical (unpaired) electrons. The summed E-state index contributed by atoms with van der Waals surface area (Å²) in [6.07, 6.45) is 5.02. The fourth-order valence-corrected chi connectivity index (χ4v) is 3.00. The van der Waals surface area contributed by atoms with Crippen molar-refractivity contribution in [3.8, 4) is 11.6 Å². The van der Waals surface area contributed by atoms with Gasteiger partial charge in [-0.2, -0.15) is 0 Å². The maximum absolute atomic E-state index is 10.5. The highest BCUT2D eigenvalue weighted by Gasteiger charge is 2.26. The molecule has 19 heavy (non-hydrogen) atoms. The molecule has 0 aromatic carbocycles. The van der Waals surface area contributed by atoms with Crippen molar-refractivity contribution < 1.29 is 14.3 Å². The zero-order chi connectivity index (χ0) is 13.8. The van der Waals surface area contributed by atoms with Crippen LogP contribution in [0.25, 0.3) is 0 Å². The minimum absolute atomic E-state index is 0.331. The molecule has 0 atom stereocenters. The van der Waals surface area contributed by atoms with Crippen LogP contribution in [0.4, 0.5) is 0 Å². The van der Waals surface area contributed by atoms with Gasteiger partial charge in [0, 0.05) is 24.8 Å². The molecular weight excluding hydrogens is 244 g/mol. The van der Waals surface area contributed by atoms with Crippen molar-refractivity contribution in [1.29, 1.82) is 0 Å². The molecule has 0 aliphatic heterocycles. The van der Waals surface area contributed by atoms with E-state index >= 15 is 0 Å². The average Bonchev–Trinajstić information content (AvgIpc) is 2.76. The Bertz CT molecular complexity index is 434. The Labute approximate surface area is 113 Å². The number of aromatic nitrogens is 1. The van der Waals surface area contributed by atoms with Crippen LogP contribution in [0.5, 0.6) is 11.6 Å². The molecule has 1 N–H and O–H groups in total. The highest BCUT2D eigenvalue weighted by molar-refractivity contribution is 5.46. The van der Waals surface area contributed by atoms with Gasteiger partial charge in [-0.3, -0.25) is 4.79 Å². The van der Waals surface area contributed by atoms with Gasteiger partial charge >= 0.3 is 0 Å². The van der Waals surface area contributed by atoms with E-state index in [-0.39, 0.29) is 0 Å². The van der Waals surface area contributed by atoms with Crippen LogP contribution in [-0.2, 0) is 11.8 Å². The Morgan fingerprint density at radius 2 is 1.95 bits per heavy atom. The van der Waals surface area contributed by atoms with Crippen LogP contribution in [0.15, 0.2) is 6.07 Å². The normalized spacial score (nSPS) is 22.9. The molecule has 0 unspecified atom stereocenters. The number of ether oxygens (including phenoxy) is 2. The van der Waals surface area contributed by atoms with Gasteiger partial charge in [0.15, 0.2) is 5.75 Å². The summed E-state index contributed by atoms with van der Waals surface area (Å²) < 4.78 is 12.8. The quantitative estimate of drug-likeness (QED) is 0.827. The van der Waals surface area contributed by atoms with Crippen LogP contribution in [0, 0.1) is 0 Å². The van der Waals surface area contributed by atoms with Crippen LogP contribution in [0.1, 0.15) is 37.3 Å². The van der Waals surface area contributed by atoms with Gasteiger partial charge in [0.1, 0.15) is 0 Å². The monoisotopic (exact) mass is 266 g/mol. The smallest absolute Gasteiger partial charge is 0.236 e. The van der Waals surface area contributed by atoms with Gasteiger partial charge in [0.2, 0.25) is 12.3 Å². The van der Waals surface area contributed by atoms with Gasteiger partial charge in [-0.25, -0.2) is 0 Å². The first-order valence-corrected chi connectivity index (χ1v) is 6.68. The number of hydrogen-bond donors (Lipinski definition) is 1. The van der Waals surface area contributed by atoms with Gasteiger partial charge in [-0.05, 0) is 31.6 Å². The van der Waals surface area contributed by atoms with Crippen molar-refractivity contribution in [1.82, 2.24) is 9.88 Å². The first kappa shape index (κ1) is 13.8. The lowest BCUT2D eigenvalue weighted by atomic mass is 9.84. The molecule has 0 bridgehead atoms. The summed E-state index contributed by atoms with van der Waals surface area (Å²) in [4.78, 5) is 10.5. The summed E-state index contributed by atoms with van der Waals surface area (Å²) >= 11 is 0. The lowest BCUT2D eigenvalue weighted by Crippen LogP contribution is -2.31. The molecule has 5 heteroatoms. The highest BCUT2D eigenvalue weighted by Crippen LogP contribution is 2.39. The Morgan fingerprint density at radius 1 is 1.26 bits per heavy atom. The average molecular weight is 266 g/mol. The number of methoxy groups -OCH3 is 2. The Hall–Kier alpha value is -1.65. The summed E-state index contributed by atoms with van der Waals surface area (Å²) in [6.45, 7) is 0. The Morgan fingerprint density at radius 3 is 2.42 bits per heavy atom. The number of carbonyl (C=O) groups excluding carboxylic acids is 1. The van der Waals surface area contributed by atoms with Gasteiger partial charge < -0.3 is 19.4 Å². The van der Waals surface area contributed by atoms with Crippen molar-refractivity contribution in [2.24, 2.45) is 7.05 Å². The number of nitrogens with one attached hydrogen (secondary N) is 1. The van der Waals surface area contributed by atoms with Crippen LogP contribution >= 0.6 is 0 Å². The molecule has 1 aromatic heterocycles. The summed E-state index contributed by atoms with van der Waals surface area (Å²) in [6, 6.07) is 2.40. The lowest BCUT2D eigenvalue weighted by Gasteiger charge is -2.28. The number of hydrogen-bond acceptors (Lipinski definition) is 3. The molecule has 1 aliphatic rings. The van der Waals surface area contributed by atoms with E-state index in [1.165, 1.54) is 5.69 Å². The van der Waals surface area contributed by atoms with E-state index in [0.717, 1.165) is 43.7 Å². The van der Waals surface area contributed by atoms with Gasteiger partial charge in [-0.1, -0.05) is 0 Å². The van der Waals surface area contributed by atoms with E-state index in [0.29, 0.717) is 12.0 Å². The molecule has 1 fully saturated rings. The second kappa shape index (κ2) is 5.99. The zero-order valence-corrected chi connectivity index (χ0v) is 11.8. The fourth-order valence-electron chi connectivity index (χ4n) is 3.00. The van der Waals surface area contributed by atoms with E-state index in [1.54, 1.807) is 14.2 Å². The minimum atomic E-state index is 0.331. The van der Waals surface area contributed by atoms with Crippen molar-refractivity contribution in [3.63, 3.8) is 0 Å². The third kappa shape index (κ3) is 2.69. The topological polar surface area (TPSA) is 52.5 Å². The number of carbonyl (C=O) groups is 1. The van der Waals surface area contributed by atoms with E-state index in [4.69, 9.17) is 9.47 Å². The molecule has 1 aromatic rings. The second-order valence-corrected chi connectivity index (χ2v) is 5.04. The molecule has 1 saturated carbocycles. The number of nitrogens with zero attached hydrogens (tertiary/aromatic N) is 1. The lowest BCUT2D eigenvalue weighted by molar-refractivity contribution is -0.110. The van der Waals surface area contributed by atoms with Crippen molar-refractivity contribution in [3.05, 3.63) is 11.8 Å². The third-order valence-electron chi connectivity index (χ3n) is 4.04. The summed E-state index contributed by atoms with van der Waals surface area (Å²) in [5, 5.41) is 2.87. The fraction of sp³-hybridized carbons (Fsp3) is 0.643. The molecule has 5 nitrogen and oxygen atoms in total. The molecule has 1 heterocycles. The Balaban J connectivity index is 2.11. The SMILES string of the molecule is COc1cc(C2CCC(NC=O)CC2)n(C)c1OC. The first-order chi connectivity index (χ1) is 9.21. The van der Waals surface area contributed by atoms with E-state index in [2.05, 4.69) is 16.0 Å². The standard InChI is InChI=1S/C14H22N2O3/c1-16-12(8-13(18-2)14(16)19-3)10-4-6-11(7-5-10)15-9-17/h8-11H,4-7H2,1-3H3,(H,15,17). The highest BCUT2D eigenvalue weighted by atomic mass is 16.5. The summed E-state index contributed by atoms with van der Waals surface area (Å²) in [7, 11) is 5.32. The van der Waals surface area contributed by atoms with Gasteiger partial charge in [0.05, 0.1) is 14.2 Å². The molecule has 106 valence electrons. The van der Waals surface area contributed by atoms with Gasteiger partial charge in [-0.15, -0.1) is 0 Å². The summed E-state index contributed by atoms with van der Waals surface area (Å²) in [5.41, 5.74) is 1.25. The van der Waals surface area contributed by atoms with Crippen LogP contribution in [0.3, 0.4) is 0 Å². The van der Waals surface area contributed by atoms with Crippen LogP contribution in [0.2, 0.25) is 0 Å². The number of rotatable bonds is 5. The first-order valence-electron chi connectivity index (χ1n) is 6.68. The molecular formula is C14H22N2O3. The molecule has 0 saturated heterocycles. The van der Waals surface area contributed by atoms with E-state index in [1.807, 2.05) is 7.05 Å². The third-order valence-corrected chi connectivity index (χ3v) is 4.04. The van der Waals surface area contributed by atoms with Crippen LogP contribution < -0.4 is 14.8 Å². The maximum Gasteiger partial charge on any atom is 0.236 e. The minimum Gasteiger partial charge on any atom is -0.491 e. The molecule has 2 rings (SSSR count). The predicted octanol–water partition coefficient (Wildman–Crippen LogP) is 1.81. The number of amides is 1. The molecule has 1 amide bonds. The Kier molecular flexibility index (Phi) is 4.35. The van der Waals surface area contributed by atoms with Crippen molar-refractivity contribution in [2.75, 3.05) is 14.2 Å². The van der Waals surface area contributed by atoms with Gasteiger partial charge in [0.25, 0.3) is 0 Å². The largest absolute Gasteiger partial charge is 0.491 e. The van der Waals surface area contributed by atoms with E-state index < -0.39 is 0 Å². The molecule has 1 aliphatic carbocycles.